The molecule has 0 atom stereocenters. The molecule has 1 aromatic heterocycles. The summed E-state index contributed by atoms with van der Waals surface area (Å²) >= 11 is 7.60. The van der Waals surface area contributed by atoms with Gasteiger partial charge in [0.05, 0.1) is 9.17 Å². The smallest absolute Gasteiger partial charge is 0.396 e. The van der Waals surface area contributed by atoms with Crippen LogP contribution in [0, 0.1) is 6.07 Å². The lowest BCUT2D eigenvalue weighted by Gasteiger charge is -1.91. The van der Waals surface area contributed by atoms with Crippen LogP contribution in [0.15, 0.2) is 24.2 Å². The molecule has 5 heteroatoms. The summed E-state index contributed by atoms with van der Waals surface area (Å²) in [6, 6.07) is 4.74. The van der Waals surface area contributed by atoms with Gasteiger partial charge in [-0.05, 0) is 22.0 Å². The van der Waals surface area contributed by atoms with Crippen LogP contribution in [0.3, 0.4) is 0 Å². The Morgan fingerprint density at radius 3 is 3.00 bits per heavy atom. The second-order valence-electron chi connectivity index (χ2n) is 2.08. The second kappa shape index (κ2) is 2.97. The topological polar surface area (TPSA) is 30.2 Å². The molecule has 1 heterocycles. The lowest BCUT2D eigenvalue weighted by molar-refractivity contribution is 0.583. The Morgan fingerprint density at radius 1 is 1.50 bits per heavy atom. The quantitative estimate of drug-likeness (QED) is 0.748. The van der Waals surface area contributed by atoms with Crippen molar-refractivity contribution in [1.82, 2.24) is 0 Å². The predicted octanol–water partition coefficient (Wildman–Crippen LogP) is 3.18. The highest BCUT2D eigenvalue weighted by Crippen LogP contribution is 2.28. The average molecular weight is 309 g/mol. The van der Waals surface area contributed by atoms with Crippen molar-refractivity contribution in [3.05, 3.63) is 30.8 Å². The maximum absolute atomic E-state index is 10.9. The Morgan fingerprint density at radius 2 is 2.25 bits per heavy atom. The predicted molar refractivity (Wildman–Crippen MR) is 54.6 cm³/mol. The number of hydrogen-bond acceptors (Lipinski definition) is 3. The van der Waals surface area contributed by atoms with E-state index in [9.17, 15) is 4.79 Å². The van der Waals surface area contributed by atoms with Crippen LogP contribution in [0.5, 0.6) is 0 Å². The Balaban J connectivity index is 2.97. The minimum absolute atomic E-state index is 0.294. The van der Waals surface area contributed by atoms with Gasteiger partial charge in [-0.25, -0.2) is 4.79 Å². The van der Waals surface area contributed by atoms with Gasteiger partial charge in [-0.15, -0.1) is 0 Å². The summed E-state index contributed by atoms with van der Waals surface area (Å²) in [4.78, 5) is 10.6. The largest absolute Gasteiger partial charge is 0.413 e. The van der Waals surface area contributed by atoms with Gasteiger partial charge in [-0.2, -0.15) is 0 Å². The molecule has 0 unspecified atom stereocenters. The van der Waals surface area contributed by atoms with Gasteiger partial charge in [0.25, 0.3) is 0 Å². The molecule has 1 radical (unpaired) electrons. The molecule has 61 valence electrons. The van der Waals surface area contributed by atoms with Gasteiger partial charge in [0.2, 0.25) is 0 Å². The normalized spacial score (nSPS) is 10.8. The number of hydrogen-bond donors (Lipinski definition) is 0. The van der Waals surface area contributed by atoms with E-state index in [4.69, 9.17) is 4.42 Å². The van der Waals surface area contributed by atoms with Crippen molar-refractivity contribution in [3.63, 3.8) is 0 Å². The fraction of sp³-hybridized carbons (Fsp3) is 0. The number of rotatable bonds is 0. The minimum atomic E-state index is -0.294. The molecule has 2 rings (SSSR count). The van der Waals surface area contributed by atoms with Crippen LogP contribution in [0.25, 0.3) is 10.3 Å². The Labute approximate surface area is 88.5 Å². The molecule has 0 saturated heterocycles. The van der Waals surface area contributed by atoms with Gasteiger partial charge in [-0.3, -0.25) is 0 Å². The fourth-order valence-corrected chi connectivity index (χ4v) is 3.05. The van der Waals surface area contributed by atoms with Crippen molar-refractivity contribution in [2.45, 2.75) is 0 Å². The van der Waals surface area contributed by atoms with Crippen LogP contribution in [-0.4, -0.2) is 0 Å². The molecule has 0 spiro atoms. The summed E-state index contributed by atoms with van der Waals surface area (Å²) in [5.74, 6) is 0. The molecule has 0 N–H and O–H groups in total. The summed E-state index contributed by atoms with van der Waals surface area (Å²) in [5.41, 5.74) is 0.563. The van der Waals surface area contributed by atoms with E-state index in [1.165, 1.54) is 0 Å². The van der Waals surface area contributed by atoms with Gasteiger partial charge >= 0.3 is 4.94 Å². The van der Waals surface area contributed by atoms with Crippen molar-refractivity contribution < 1.29 is 4.42 Å². The number of fused-ring (bicyclic) bond motifs is 1. The molecular formula is C7HBr2O2S. The van der Waals surface area contributed by atoms with Gasteiger partial charge < -0.3 is 4.42 Å². The van der Waals surface area contributed by atoms with E-state index in [-0.39, 0.29) is 4.94 Å². The molecule has 2 nitrogen and oxygen atoms in total. The molecule has 2 aromatic rings. The van der Waals surface area contributed by atoms with Crippen LogP contribution in [-0.2, 0) is 0 Å². The van der Waals surface area contributed by atoms with E-state index in [1.807, 2.05) is 0 Å². The third kappa shape index (κ3) is 1.36. The van der Waals surface area contributed by atoms with Crippen molar-refractivity contribution in [2.75, 3.05) is 0 Å². The molecule has 12 heavy (non-hydrogen) atoms. The zero-order valence-electron chi connectivity index (χ0n) is 5.56. The summed E-state index contributed by atoms with van der Waals surface area (Å²) < 4.78 is 7.21. The lowest BCUT2D eigenvalue weighted by Crippen LogP contribution is -1.79. The standard InChI is InChI=1S/C7HBr2O2S/c8-3-1-4(9)6-5(2-3)12-7(10)11-6/h2H. The molecular weight excluding hydrogens is 308 g/mol. The van der Waals surface area contributed by atoms with Crippen LogP contribution >= 0.6 is 43.2 Å². The monoisotopic (exact) mass is 307 g/mol. The SMILES string of the molecule is O=c1oc2c(Br)[c]c(Br)cc2s1. The summed E-state index contributed by atoms with van der Waals surface area (Å²) in [6.45, 7) is 0. The highest BCUT2D eigenvalue weighted by Gasteiger charge is 2.07. The minimum Gasteiger partial charge on any atom is -0.413 e. The molecule has 0 bridgehead atoms. The molecule has 0 aliphatic carbocycles. The van der Waals surface area contributed by atoms with E-state index in [0.29, 0.717) is 10.1 Å². The summed E-state index contributed by atoms with van der Waals surface area (Å²) in [7, 11) is 0. The second-order valence-corrected chi connectivity index (χ2v) is 4.70. The first-order chi connectivity index (χ1) is 5.66. The highest BCUT2D eigenvalue weighted by atomic mass is 79.9. The maximum Gasteiger partial charge on any atom is 0.396 e. The molecule has 0 saturated carbocycles. The Kier molecular flexibility index (Phi) is 2.10. The zero-order valence-corrected chi connectivity index (χ0v) is 9.55. The van der Waals surface area contributed by atoms with Crippen LogP contribution in [0.1, 0.15) is 0 Å². The van der Waals surface area contributed by atoms with Gasteiger partial charge in [0.15, 0.2) is 5.58 Å². The number of benzene rings is 1. The van der Waals surface area contributed by atoms with E-state index in [1.54, 1.807) is 6.07 Å². The van der Waals surface area contributed by atoms with Crippen molar-refractivity contribution in [1.29, 1.82) is 0 Å². The van der Waals surface area contributed by atoms with Crippen molar-refractivity contribution >= 4 is 53.5 Å². The third-order valence-corrected chi connectivity index (χ3v) is 3.05. The van der Waals surface area contributed by atoms with Crippen molar-refractivity contribution in [3.8, 4) is 0 Å². The van der Waals surface area contributed by atoms with E-state index >= 15 is 0 Å². The van der Waals surface area contributed by atoms with E-state index < -0.39 is 0 Å². The van der Waals surface area contributed by atoms with E-state index in [2.05, 4.69) is 37.9 Å². The fourth-order valence-electron chi connectivity index (χ4n) is 0.851. The molecule has 1 aromatic carbocycles. The van der Waals surface area contributed by atoms with Crippen LogP contribution in [0.4, 0.5) is 0 Å². The van der Waals surface area contributed by atoms with Crippen LogP contribution in [0.2, 0.25) is 0 Å². The summed E-state index contributed by atoms with van der Waals surface area (Å²) in [6.07, 6.45) is 0. The van der Waals surface area contributed by atoms with Gasteiger partial charge in [-0.1, -0.05) is 27.3 Å². The first-order valence-electron chi connectivity index (χ1n) is 2.98. The zero-order chi connectivity index (χ0) is 8.72. The van der Waals surface area contributed by atoms with Crippen molar-refractivity contribution in [2.24, 2.45) is 0 Å². The average Bonchev–Trinajstić information content (AvgIpc) is 2.29. The molecule has 0 aliphatic heterocycles. The van der Waals surface area contributed by atoms with Gasteiger partial charge in [0.1, 0.15) is 0 Å². The van der Waals surface area contributed by atoms with Crippen LogP contribution < -0.4 is 4.94 Å². The molecule has 0 amide bonds. The molecule has 0 aliphatic rings. The highest BCUT2D eigenvalue weighted by molar-refractivity contribution is 9.11. The third-order valence-electron chi connectivity index (χ3n) is 1.29. The summed E-state index contributed by atoms with van der Waals surface area (Å²) in [5, 5.41) is 0. The Hall–Kier alpha value is -0.130. The number of halogens is 2. The van der Waals surface area contributed by atoms with E-state index in [0.717, 1.165) is 20.5 Å². The Bertz CT molecular complexity index is 486. The first-order valence-corrected chi connectivity index (χ1v) is 5.38. The lowest BCUT2D eigenvalue weighted by atomic mass is 10.3. The molecule has 0 fully saturated rings. The van der Waals surface area contributed by atoms with Gasteiger partial charge in [0, 0.05) is 10.5 Å². The maximum atomic E-state index is 10.9. The first kappa shape index (κ1) is 8.47.